The number of ether oxygens (including phenoxy) is 2. The number of methoxy groups -OCH3 is 2. The number of thiophene rings is 1. The van der Waals surface area contributed by atoms with Gasteiger partial charge in [-0.15, -0.1) is 11.3 Å². The van der Waals surface area contributed by atoms with Crippen LogP contribution in [0.25, 0.3) is 21.3 Å². The Labute approximate surface area is 181 Å². The van der Waals surface area contributed by atoms with Gasteiger partial charge in [-0.3, -0.25) is 14.2 Å². The van der Waals surface area contributed by atoms with E-state index in [-0.39, 0.29) is 23.7 Å². The molecule has 0 aliphatic carbocycles. The third-order valence-corrected chi connectivity index (χ3v) is 6.02. The number of Topliss-reactive ketones (excluding diaryl/α,β-unsaturated/α-hetero) is 1. The zero-order valence-electron chi connectivity index (χ0n) is 17.1. The maximum atomic E-state index is 13.4. The second kappa shape index (κ2) is 8.31. The molecule has 2 heterocycles. The van der Waals surface area contributed by atoms with Gasteiger partial charge in [0.05, 0.1) is 38.0 Å². The molecule has 0 radical (unpaired) electrons. The van der Waals surface area contributed by atoms with Crippen LogP contribution in [0.1, 0.15) is 15.2 Å². The van der Waals surface area contributed by atoms with E-state index in [2.05, 4.69) is 4.98 Å². The molecular weight excluding hydrogens is 419 g/mol. The summed E-state index contributed by atoms with van der Waals surface area (Å²) in [5.41, 5.74) is 1.45. The fourth-order valence-electron chi connectivity index (χ4n) is 3.48. The highest BCUT2D eigenvalue weighted by molar-refractivity contribution is 7.19. The molecule has 0 bridgehead atoms. The predicted molar refractivity (Wildman–Crippen MR) is 118 cm³/mol. The maximum absolute atomic E-state index is 13.4. The van der Waals surface area contributed by atoms with Crippen LogP contribution in [-0.2, 0) is 6.54 Å². The summed E-state index contributed by atoms with van der Waals surface area (Å²) >= 11 is 1.39. The summed E-state index contributed by atoms with van der Waals surface area (Å²) in [6, 6.07) is 10.9. The first kappa shape index (κ1) is 20.7. The Kier molecular flexibility index (Phi) is 5.56. The van der Waals surface area contributed by atoms with Crippen molar-refractivity contribution in [1.29, 1.82) is 0 Å². The van der Waals surface area contributed by atoms with Crippen molar-refractivity contribution in [2.24, 2.45) is 0 Å². The van der Waals surface area contributed by atoms with Crippen LogP contribution in [0.2, 0.25) is 0 Å². The molecule has 8 heteroatoms. The Bertz CT molecular complexity index is 1340. The molecule has 0 saturated heterocycles. The normalized spacial score (nSPS) is 11.0. The Morgan fingerprint density at radius 1 is 1.13 bits per heavy atom. The Morgan fingerprint density at radius 3 is 2.55 bits per heavy atom. The lowest BCUT2D eigenvalue weighted by Crippen LogP contribution is -2.24. The number of halogens is 1. The minimum absolute atomic E-state index is 0.192. The number of hydrogen-bond donors (Lipinski definition) is 0. The zero-order chi connectivity index (χ0) is 22.1. The fourth-order valence-corrected chi connectivity index (χ4v) is 4.49. The van der Waals surface area contributed by atoms with E-state index >= 15 is 0 Å². The number of carbonyl (C=O) groups excluding carboxylic acids is 1. The number of ketones is 1. The number of fused-ring (bicyclic) bond motifs is 1. The SMILES string of the molecule is COc1ccc(C(=O)Cn2cnc3sc(C)c(-c4ccc(F)cc4)c3c2=O)c(OC)c1. The molecule has 2 aromatic heterocycles. The van der Waals surface area contributed by atoms with Crippen LogP contribution in [0.4, 0.5) is 4.39 Å². The lowest BCUT2D eigenvalue weighted by molar-refractivity contribution is 0.0967. The van der Waals surface area contributed by atoms with Crippen LogP contribution < -0.4 is 15.0 Å². The molecule has 0 aliphatic rings. The molecular formula is C23H19FN2O4S. The summed E-state index contributed by atoms with van der Waals surface area (Å²) in [6.45, 7) is 1.70. The van der Waals surface area contributed by atoms with Gasteiger partial charge in [0.1, 0.15) is 22.1 Å². The van der Waals surface area contributed by atoms with Crippen LogP contribution >= 0.6 is 11.3 Å². The van der Waals surface area contributed by atoms with Crippen molar-refractivity contribution in [1.82, 2.24) is 9.55 Å². The van der Waals surface area contributed by atoms with Gasteiger partial charge >= 0.3 is 0 Å². The molecule has 0 amide bonds. The average Bonchev–Trinajstić information content (AvgIpc) is 3.12. The van der Waals surface area contributed by atoms with Gasteiger partial charge in [0.25, 0.3) is 5.56 Å². The first-order valence-corrected chi connectivity index (χ1v) is 10.2. The van der Waals surface area contributed by atoms with Crippen molar-refractivity contribution in [2.45, 2.75) is 13.5 Å². The molecule has 158 valence electrons. The highest BCUT2D eigenvalue weighted by Gasteiger charge is 2.19. The Balaban J connectivity index is 1.77. The third-order valence-electron chi connectivity index (χ3n) is 5.01. The fraction of sp³-hybridized carbons (Fsp3) is 0.174. The molecule has 4 rings (SSSR count). The number of rotatable bonds is 6. The van der Waals surface area contributed by atoms with E-state index in [9.17, 15) is 14.0 Å². The smallest absolute Gasteiger partial charge is 0.263 e. The lowest BCUT2D eigenvalue weighted by atomic mass is 10.0. The third kappa shape index (κ3) is 3.82. The first-order chi connectivity index (χ1) is 14.9. The van der Waals surface area contributed by atoms with Crippen LogP contribution in [0.3, 0.4) is 0 Å². The summed E-state index contributed by atoms with van der Waals surface area (Å²) in [6.07, 6.45) is 1.38. The molecule has 4 aromatic rings. The second-order valence-electron chi connectivity index (χ2n) is 6.89. The van der Waals surface area contributed by atoms with E-state index in [0.717, 1.165) is 10.4 Å². The standard InChI is InChI=1S/C23H19FN2O4S/c1-13-20(14-4-6-15(24)7-5-14)21-22(31-13)25-12-26(23(21)28)11-18(27)17-9-8-16(29-2)10-19(17)30-3/h4-10,12H,11H2,1-3H3. The summed E-state index contributed by atoms with van der Waals surface area (Å²) in [5.74, 6) is 0.282. The lowest BCUT2D eigenvalue weighted by Gasteiger charge is -2.11. The van der Waals surface area contributed by atoms with E-state index in [0.29, 0.717) is 32.8 Å². The van der Waals surface area contributed by atoms with Crippen molar-refractivity contribution in [3.63, 3.8) is 0 Å². The number of hydrogen-bond acceptors (Lipinski definition) is 6. The molecule has 0 atom stereocenters. The molecule has 0 spiro atoms. The molecule has 0 fully saturated rings. The van der Waals surface area contributed by atoms with Gasteiger partial charge in [-0.1, -0.05) is 12.1 Å². The zero-order valence-corrected chi connectivity index (χ0v) is 18.0. The van der Waals surface area contributed by atoms with E-state index in [4.69, 9.17) is 9.47 Å². The van der Waals surface area contributed by atoms with Gasteiger partial charge in [-0.2, -0.15) is 0 Å². The average molecular weight is 438 g/mol. The molecule has 6 nitrogen and oxygen atoms in total. The van der Waals surface area contributed by atoms with Crippen LogP contribution in [0.15, 0.2) is 53.6 Å². The van der Waals surface area contributed by atoms with Crippen molar-refractivity contribution in [3.05, 3.63) is 75.4 Å². The molecule has 0 saturated carbocycles. The van der Waals surface area contributed by atoms with Crippen LogP contribution in [0.5, 0.6) is 11.5 Å². The van der Waals surface area contributed by atoms with Gasteiger partial charge in [0.15, 0.2) is 5.78 Å². The number of aryl methyl sites for hydroxylation is 1. The summed E-state index contributed by atoms with van der Waals surface area (Å²) in [5, 5.41) is 0.422. The van der Waals surface area contributed by atoms with Gasteiger partial charge in [0, 0.05) is 16.5 Å². The first-order valence-electron chi connectivity index (χ1n) is 9.42. The van der Waals surface area contributed by atoms with Crippen molar-refractivity contribution in [2.75, 3.05) is 14.2 Å². The van der Waals surface area contributed by atoms with Crippen molar-refractivity contribution in [3.8, 4) is 22.6 Å². The topological polar surface area (TPSA) is 70.4 Å². The molecule has 0 unspecified atom stereocenters. The largest absolute Gasteiger partial charge is 0.497 e. The number of benzene rings is 2. The maximum Gasteiger partial charge on any atom is 0.263 e. The van der Waals surface area contributed by atoms with Gasteiger partial charge in [0.2, 0.25) is 0 Å². The van der Waals surface area contributed by atoms with E-state index in [1.165, 1.54) is 48.6 Å². The van der Waals surface area contributed by atoms with E-state index in [1.54, 1.807) is 30.3 Å². The second-order valence-corrected chi connectivity index (χ2v) is 8.09. The van der Waals surface area contributed by atoms with Crippen molar-refractivity contribution < 1.29 is 18.7 Å². The number of aromatic nitrogens is 2. The number of carbonyl (C=O) groups is 1. The molecule has 2 aromatic carbocycles. The predicted octanol–water partition coefficient (Wildman–Crippen LogP) is 4.47. The summed E-state index contributed by atoms with van der Waals surface area (Å²) < 4.78 is 25.1. The molecule has 0 N–H and O–H groups in total. The minimum atomic E-state index is -0.351. The minimum Gasteiger partial charge on any atom is -0.497 e. The van der Waals surface area contributed by atoms with Gasteiger partial charge in [-0.25, -0.2) is 9.37 Å². The van der Waals surface area contributed by atoms with E-state index in [1.807, 2.05) is 6.92 Å². The van der Waals surface area contributed by atoms with Crippen LogP contribution in [0, 0.1) is 12.7 Å². The van der Waals surface area contributed by atoms with Gasteiger partial charge in [-0.05, 0) is 36.8 Å². The van der Waals surface area contributed by atoms with Gasteiger partial charge < -0.3 is 9.47 Å². The highest BCUT2D eigenvalue weighted by atomic mass is 32.1. The van der Waals surface area contributed by atoms with Crippen LogP contribution in [-0.4, -0.2) is 29.6 Å². The number of nitrogens with zero attached hydrogens (tertiary/aromatic N) is 2. The Morgan fingerprint density at radius 2 is 1.87 bits per heavy atom. The molecule has 31 heavy (non-hydrogen) atoms. The van der Waals surface area contributed by atoms with E-state index < -0.39 is 0 Å². The Hall–Kier alpha value is -3.52. The summed E-state index contributed by atoms with van der Waals surface area (Å²) in [4.78, 5) is 32.1. The summed E-state index contributed by atoms with van der Waals surface area (Å²) in [7, 11) is 2.99. The van der Waals surface area contributed by atoms with Crippen molar-refractivity contribution >= 4 is 27.3 Å². The quantitative estimate of drug-likeness (QED) is 0.416. The highest BCUT2D eigenvalue weighted by Crippen LogP contribution is 2.35. The molecule has 0 aliphatic heterocycles. The monoisotopic (exact) mass is 438 g/mol.